The SMILES string of the molecule is CNOC.CON(C)C(=O)c1cccc(N)c1F.CON(C)C(=O)c1cccc([N+](=O)[O-])c1F.Cc1cc(C(=O)O)n(-c2cccc(C#N)c2)n1.Cl.Nc1cccc(C(=O)c2ccccc2)c1F.O=C(O)c1cccc([N+](=O)[O-])c1F.[Br-].[HH].[Mg+2].[c-]1ccccc1. The van der Waals surface area contributed by atoms with Gasteiger partial charge in [-0.15, -0.1) is 12.4 Å². The molecule has 0 aliphatic carbocycles. The number of aryl methyl sites for hydroxylation is 1. The van der Waals surface area contributed by atoms with Crippen molar-refractivity contribution in [3.63, 3.8) is 0 Å². The molecular weight excluding hydrogens is 1280 g/mol. The monoisotopic (exact) mass is 1330 g/mol. The molecule has 0 fully saturated rings. The zero-order valence-corrected chi connectivity index (χ0v) is 52.0. The standard InChI is InChI=1S/C13H10FNO.C12H9N3O2.C9H9FN2O4.C9H11FN2O2.C7H4FNO4.C6H5.C2H7NO.BrH.ClH.Mg.H2/c14-12-10(7-4-8-11(12)15)13(16)9-5-2-1-3-6-9;1-8-5-11(12(16)17)15(14-8)10-4-2-3-9(6-10)7-13;1-11(16-2)9(13)6-4-3-5-7(8(6)10)12(14)15;1-12(14-2)9(13)6-4-3-5-7(11)8(6)10;8-6-4(7(10)11)2-1-3-5(6)9(12)13;1-2-4-6-5-3-1;1-3-4-2;;;;/h1-8H,15H2;2-6H,1H3,(H,16,17);3-5H,1-2H3;3-5H,11H2,1-2H3;1-3H,(H,10,11);1-5H;3H,1-2H3;2*1H;;1H/q;;;;;-1;;;;+2;/p-1. The molecule has 8 aromatic rings. The summed E-state index contributed by atoms with van der Waals surface area (Å²) in [5, 5.41) is 52.7. The summed E-state index contributed by atoms with van der Waals surface area (Å²) in [4.78, 5) is 88.5. The minimum atomic E-state index is -1.53. The first-order valence-corrected chi connectivity index (χ1v) is 24.2. The maximum Gasteiger partial charge on any atom is 2.00 e. The maximum absolute atomic E-state index is 13.6. The second kappa shape index (κ2) is 42.2. The quantitative estimate of drug-likeness (QED) is 0.0160. The number of aromatic nitrogens is 2. The van der Waals surface area contributed by atoms with E-state index in [0.29, 0.717) is 22.5 Å². The van der Waals surface area contributed by atoms with Crippen LogP contribution in [0.5, 0.6) is 0 Å². The number of carboxylic acids is 2. The van der Waals surface area contributed by atoms with E-state index in [0.717, 1.165) is 40.5 Å². The Labute approximate surface area is 540 Å². The Morgan fingerprint density at radius 3 is 1.47 bits per heavy atom. The van der Waals surface area contributed by atoms with Crippen LogP contribution in [0, 0.1) is 67.8 Å². The molecule has 468 valence electrons. The molecule has 0 bridgehead atoms. The Kier molecular flexibility index (Phi) is 38.6. The van der Waals surface area contributed by atoms with Gasteiger partial charge in [0.1, 0.15) is 5.56 Å². The topological polar surface area (TPSA) is 352 Å². The van der Waals surface area contributed by atoms with E-state index in [2.05, 4.69) is 31.2 Å². The number of hydrogen-bond donors (Lipinski definition) is 5. The van der Waals surface area contributed by atoms with Gasteiger partial charge in [0.25, 0.3) is 11.8 Å². The second-order valence-electron chi connectivity index (χ2n) is 16.2. The first-order valence-electron chi connectivity index (χ1n) is 24.2. The zero-order valence-electron chi connectivity index (χ0n) is 48.2. The molecule has 31 heteroatoms. The van der Waals surface area contributed by atoms with Gasteiger partial charge in [-0.2, -0.15) is 55.5 Å². The van der Waals surface area contributed by atoms with Crippen molar-refractivity contribution in [3.8, 4) is 11.8 Å². The number of ketones is 1. The summed E-state index contributed by atoms with van der Waals surface area (Å²) in [6, 6.07) is 46.2. The third-order valence-corrected chi connectivity index (χ3v) is 10.6. The van der Waals surface area contributed by atoms with Gasteiger partial charge in [-0.05, 0) is 67.6 Å². The number of amides is 2. The van der Waals surface area contributed by atoms with Gasteiger partial charge in [-0.3, -0.25) is 44.3 Å². The van der Waals surface area contributed by atoms with Crippen molar-refractivity contribution in [1.82, 2.24) is 25.4 Å². The predicted molar refractivity (Wildman–Crippen MR) is 319 cm³/mol. The largest absolute Gasteiger partial charge is 2.00 e. The number of hydrogen-bond acceptors (Lipinski definition) is 17. The van der Waals surface area contributed by atoms with Gasteiger partial charge in [0.2, 0.25) is 11.6 Å². The molecule has 0 saturated carbocycles. The third kappa shape index (κ3) is 25.6. The van der Waals surface area contributed by atoms with Crippen molar-refractivity contribution in [2.24, 2.45) is 0 Å². The Morgan fingerprint density at radius 1 is 0.652 bits per heavy atom. The van der Waals surface area contributed by atoms with Crippen LogP contribution >= 0.6 is 12.4 Å². The summed E-state index contributed by atoms with van der Waals surface area (Å²) < 4.78 is 54.7. The Bertz CT molecular complexity index is 3600. The number of nitro groups is 2. The summed E-state index contributed by atoms with van der Waals surface area (Å²) in [5.41, 5.74) is 12.5. The number of carbonyl (C=O) groups is 5. The van der Waals surface area contributed by atoms with Crippen molar-refractivity contribution < 1.29 is 94.5 Å². The normalized spacial score (nSPS) is 9.33. The van der Waals surface area contributed by atoms with Crippen LogP contribution in [-0.4, -0.2) is 135 Å². The average Bonchev–Trinajstić information content (AvgIpc) is 1.62. The first kappa shape index (κ1) is 81.4. The van der Waals surface area contributed by atoms with E-state index in [1.54, 1.807) is 81.7 Å². The number of carboxylic acid groups (broad SMARTS) is 2. The van der Waals surface area contributed by atoms with Crippen LogP contribution in [0.2, 0.25) is 0 Å². The fourth-order valence-corrected chi connectivity index (χ4v) is 6.24. The zero-order chi connectivity index (χ0) is 64.6. The fraction of sp³-hybridized carbons (Fsp3) is 0.121. The van der Waals surface area contributed by atoms with Crippen LogP contribution < -0.4 is 33.9 Å². The van der Waals surface area contributed by atoms with Crippen molar-refractivity contribution in [2.75, 3.05) is 53.9 Å². The van der Waals surface area contributed by atoms with Crippen molar-refractivity contribution in [3.05, 3.63) is 258 Å². The fourth-order valence-electron chi connectivity index (χ4n) is 6.24. The van der Waals surface area contributed by atoms with Crippen molar-refractivity contribution in [2.45, 2.75) is 6.92 Å². The molecule has 0 spiro atoms. The van der Waals surface area contributed by atoms with Crippen LogP contribution in [-0.2, 0) is 14.5 Å². The molecule has 0 unspecified atom stereocenters. The number of nitro benzene ring substituents is 2. The van der Waals surface area contributed by atoms with E-state index in [1.165, 1.54) is 75.5 Å². The molecule has 0 saturated heterocycles. The molecule has 0 atom stereocenters. The molecule has 0 aliphatic rings. The molecule has 7 aromatic carbocycles. The Morgan fingerprint density at radius 2 is 1.07 bits per heavy atom. The van der Waals surface area contributed by atoms with E-state index in [-0.39, 0.29) is 87.8 Å². The van der Waals surface area contributed by atoms with Crippen LogP contribution in [0.25, 0.3) is 5.69 Å². The Balaban J connectivity index is -0.00000100. The van der Waals surface area contributed by atoms with E-state index in [4.69, 9.17) is 26.9 Å². The summed E-state index contributed by atoms with van der Waals surface area (Å²) in [6.45, 7) is 1.72. The number of hydroxylamine groups is 5. The minimum absolute atomic E-state index is 0. The molecule has 24 nitrogen and oxygen atoms in total. The maximum atomic E-state index is 13.6. The van der Waals surface area contributed by atoms with E-state index >= 15 is 0 Å². The molecule has 1 aromatic heterocycles. The summed E-state index contributed by atoms with van der Waals surface area (Å²) in [5.74, 6) is -8.15. The number of nitrogen functional groups attached to an aromatic ring is 2. The van der Waals surface area contributed by atoms with Gasteiger partial charge >= 0.3 is 46.4 Å². The van der Waals surface area contributed by atoms with E-state index < -0.39 is 79.4 Å². The minimum Gasteiger partial charge on any atom is -1.00 e. The van der Waals surface area contributed by atoms with E-state index in [9.17, 15) is 61.8 Å². The van der Waals surface area contributed by atoms with Gasteiger partial charge in [0, 0.05) is 40.3 Å². The van der Waals surface area contributed by atoms with Gasteiger partial charge in [-0.25, -0.2) is 38.7 Å². The summed E-state index contributed by atoms with van der Waals surface area (Å²) in [7, 11) is 8.50. The summed E-state index contributed by atoms with van der Waals surface area (Å²) >= 11 is 0. The predicted octanol–water partition coefficient (Wildman–Crippen LogP) is 6.78. The second-order valence-corrected chi connectivity index (χ2v) is 16.2. The number of halogens is 6. The third-order valence-electron chi connectivity index (χ3n) is 10.6. The van der Waals surface area contributed by atoms with Crippen LogP contribution in [0.15, 0.2) is 164 Å². The smallest absolute Gasteiger partial charge is 1.00 e. The number of nitrogens with one attached hydrogen (secondary N) is 1. The van der Waals surface area contributed by atoms with Crippen LogP contribution in [0.3, 0.4) is 0 Å². The molecule has 2 amide bonds. The number of benzene rings is 7. The molecule has 7 N–H and O–H groups in total. The summed E-state index contributed by atoms with van der Waals surface area (Å²) in [6.07, 6.45) is 0. The van der Waals surface area contributed by atoms with Crippen LogP contribution in [0.1, 0.15) is 70.2 Å². The molecule has 89 heavy (non-hydrogen) atoms. The number of carbonyl (C=O) groups excluding carboxylic acids is 3. The van der Waals surface area contributed by atoms with E-state index in [1.807, 2.05) is 36.4 Å². The number of anilines is 2. The number of aromatic carboxylic acids is 2. The molecule has 8 rings (SSSR count). The molecule has 0 radical (unpaired) electrons. The average molecular weight is 1330 g/mol. The van der Waals surface area contributed by atoms with Crippen LogP contribution in [0.4, 0.5) is 40.3 Å². The Hall–Kier alpha value is -9.71. The van der Waals surface area contributed by atoms with Gasteiger partial charge in [0.15, 0.2) is 23.1 Å². The van der Waals surface area contributed by atoms with Gasteiger partial charge in [0.05, 0.1) is 82.3 Å². The molecule has 0 aliphatic heterocycles. The first-order chi connectivity index (χ1) is 40.8. The van der Waals surface area contributed by atoms with Crippen molar-refractivity contribution >= 4 is 87.7 Å². The number of nitriles is 1. The molecule has 1 heterocycles. The van der Waals surface area contributed by atoms with Gasteiger partial charge in [-0.1, -0.05) is 60.7 Å². The van der Waals surface area contributed by atoms with Crippen molar-refractivity contribution in [1.29, 1.82) is 5.26 Å². The molecular formula is C58H58BrClF4MgN10O14. The number of nitrogens with zero attached hydrogens (tertiary/aromatic N) is 7. The number of rotatable bonds is 12. The number of nitrogens with two attached hydrogens (primary N) is 2. The van der Waals surface area contributed by atoms with Gasteiger partial charge < -0.3 is 43.5 Å².